The van der Waals surface area contributed by atoms with Gasteiger partial charge in [0.15, 0.2) is 0 Å². The zero-order valence-corrected chi connectivity index (χ0v) is 8.35. The highest BCUT2D eigenvalue weighted by molar-refractivity contribution is 5.09. The number of hydrogen-bond donors (Lipinski definition) is 2. The van der Waals surface area contributed by atoms with E-state index >= 15 is 0 Å². The van der Waals surface area contributed by atoms with Crippen molar-refractivity contribution in [2.75, 3.05) is 0 Å². The number of aliphatic hydroxyl groups is 1. The van der Waals surface area contributed by atoms with Crippen LogP contribution in [0.4, 0.5) is 0 Å². The molecule has 1 aliphatic carbocycles. The molecule has 0 unspecified atom stereocenters. The van der Waals surface area contributed by atoms with Gasteiger partial charge in [-0.15, -0.1) is 5.10 Å². The molecule has 5 nitrogen and oxygen atoms in total. The van der Waals surface area contributed by atoms with Crippen LogP contribution in [0.5, 0.6) is 0 Å². The number of rotatable bonds is 1. The molecule has 1 saturated carbocycles. The average Bonchev–Trinajstić information content (AvgIpc) is 2.58. The van der Waals surface area contributed by atoms with Crippen molar-refractivity contribution in [2.24, 2.45) is 12.8 Å². The maximum absolute atomic E-state index is 10.4. The molecule has 0 aromatic carbocycles. The van der Waals surface area contributed by atoms with E-state index in [9.17, 15) is 5.11 Å². The normalized spacial score (nSPS) is 33.2. The summed E-state index contributed by atoms with van der Waals surface area (Å²) in [5.41, 5.74) is 5.82. The lowest BCUT2D eigenvalue weighted by Gasteiger charge is -2.34. The van der Waals surface area contributed by atoms with Gasteiger partial charge in [-0.05, 0) is 25.7 Å². The minimum Gasteiger partial charge on any atom is -0.384 e. The molecule has 1 heterocycles. The summed E-state index contributed by atoms with van der Waals surface area (Å²) >= 11 is 0. The van der Waals surface area contributed by atoms with E-state index < -0.39 is 5.60 Å². The fourth-order valence-corrected chi connectivity index (χ4v) is 2.08. The zero-order valence-electron chi connectivity index (χ0n) is 8.35. The molecule has 2 rings (SSSR count). The Bertz CT molecular complexity index is 314. The van der Waals surface area contributed by atoms with Crippen molar-refractivity contribution in [1.82, 2.24) is 15.0 Å². The van der Waals surface area contributed by atoms with Crippen LogP contribution in [0.1, 0.15) is 31.4 Å². The molecule has 3 N–H and O–H groups in total. The van der Waals surface area contributed by atoms with Gasteiger partial charge in [0.2, 0.25) is 0 Å². The summed E-state index contributed by atoms with van der Waals surface area (Å²) in [7, 11) is 1.80. The summed E-state index contributed by atoms with van der Waals surface area (Å²) in [5.74, 6) is 0. The van der Waals surface area contributed by atoms with Crippen LogP contribution in [0.25, 0.3) is 0 Å². The monoisotopic (exact) mass is 196 g/mol. The van der Waals surface area contributed by atoms with E-state index in [1.54, 1.807) is 17.9 Å². The van der Waals surface area contributed by atoms with E-state index in [2.05, 4.69) is 10.3 Å². The van der Waals surface area contributed by atoms with E-state index in [1.165, 1.54) is 0 Å². The Labute approximate surface area is 82.9 Å². The van der Waals surface area contributed by atoms with E-state index in [0.717, 1.165) is 18.5 Å². The van der Waals surface area contributed by atoms with Crippen LogP contribution < -0.4 is 5.73 Å². The fraction of sp³-hybridized carbons (Fsp3) is 0.778. The summed E-state index contributed by atoms with van der Waals surface area (Å²) in [6, 6.07) is 0.233. The minimum atomic E-state index is -0.770. The largest absolute Gasteiger partial charge is 0.384 e. The number of hydrogen-bond acceptors (Lipinski definition) is 4. The maximum Gasteiger partial charge on any atom is 0.108 e. The van der Waals surface area contributed by atoms with Crippen molar-refractivity contribution < 1.29 is 5.11 Å². The fourth-order valence-electron chi connectivity index (χ4n) is 2.08. The topological polar surface area (TPSA) is 77.0 Å². The quantitative estimate of drug-likeness (QED) is 0.657. The van der Waals surface area contributed by atoms with Crippen LogP contribution in [-0.4, -0.2) is 26.1 Å². The predicted octanol–water partition coefficient (Wildman–Crippen LogP) is -0.0960. The van der Waals surface area contributed by atoms with E-state index in [4.69, 9.17) is 5.73 Å². The lowest BCUT2D eigenvalue weighted by molar-refractivity contribution is -0.0121. The lowest BCUT2D eigenvalue weighted by atomic mass is 9.80. The molecule has 0 aliphatic heterocycles. The van der Waals surface area contributed by atoms with Gasteiger partial charge in [0.1, 0.15) is 5.60 Å². The second kappa shape index (κ2) is 3.33. The predicted molar refractivity (Wildman–Crippen MR) is 51.3 cm³/mol. The number of aromatic nitrogens is 3. The molecule has 0 bridgehead atoms. The van der Waals surface area contributed by atoms with Gasteiger partial charge in [-0.2, -0.15) is 0 Å². The summed E-state index contributed by atoms with van der Waals surface area (Å²) in [6.45, 7) is 0. The first-order valence-corrected chi connectivity index (χ1v) is 4.95. The van der Waals surface area contributed by atoms with Crippen LogP contribution in [0.15, 0.2) is 6.20 Å². The number of aryl methyl sites for hydroxylation is 1. The van der Waals surface area contributed by atoms with Crippen LogP contribution in [-0.2, 0) is 12.6 Å². The van der Waals surface area contributed by atoms with Crippen LogP contribution >= 0.6 is 0 Å². The summed E-state index contributed by atoms with van der Waals surface area (Å²) < 4.78 is 1.64. The van der Waals surface area contributed by atoms with E-state index in [1.807, 2.05) is 0 Å². The zero-order chi connectivity index (χ0) is 10.2. The molecule has 78 valence electrons. The maximum atomic E-state index is 10.4. The summed E-state index contributed by atoms with van der Waals surface area (Å²) in [4.78, 5) is 0. The average molecular weight is 196 g/mol. The standard InChI is InChI=1S/C9H16N4O/c1-13-8(6-11-12-13)9(14)4-2-7(10)3-5-9/h6-7,14H,2-5,10H2,1H3. The van der Waals surface area contributed by atoms with Crippen molar-refractivity contribution in [3.05, 3.63) is 11.9 Å². The SMILES string of the molecule is Cn1nncc1C1(O)CCC(N)CC1. The second-order valence-electron chi connectivity index (χ2n) is 4.11. The van der Waals surface area contributed by atoms with Gasteiger partial charge in [0.25, 0.3) is 0 Å². The van der Waals surface area contributed by atoms with Gasteiger partial charge in [-0.3, -0.25) is 0 Å². The molecule has 0 radical (unpaired) electrons. The molecule has 0 atom stereocenters. The minimum absolute atomic E-state index is 0.233. The first-order valence-electron chi connectivity index (χ1n) is 4.95. The Kier molecular flexibility index (Phi) is 2.28. The van der Waals surface area contributed by atoms with Crippen molar-refractivity contribution in [3.63, 3.8) is 0 Å². The highest BCUT2D eigenvalue weighted by Crippen LogP contribution is 2.35. The second-order valence-corrected chi connectivity index (χ2v) is 4.11. The van der Waals surface area contributed by atoms with Gasteiger partial charge in [0.05, 0.1) is 11.9 Å². The van der Waals surface area contributed by atoms with Gasteiger partial charge >= 0.3 is 0 Å². The first kappa shape index (κ1) is 9.61. The smallest absolute Gasteiger partial charge is 0.108 e. The molecule has 0 saturated heterocycles. The molecule has 1 aromatic rings. The van der Waals surface area contributed by atoms with Crippen LogP contribution in [0.2, 0.25) is 0 Å². The van der Waals surface area contributed by atoms with Crippen LogP contribution in [0.3, 0.4) is 0 Å². The Morgan fingerprint density at radius 3 is 2.71 bits per heavy atom. The van der Waals surface area contributed by atoms with Crippen molar-refractivity contribution in [2.45, 2.75) is 37.3 Å². The summed E-state index contributed by atoms with van der Waals surface area (Å²) in [6.07, 6.45) is 4.77. The number of nitrogens with zero attached hydrogens (tertiary/aromatic N) is 3. The number of nitrogens with two attached hydrogens (primary N) is 1. The molecule has 5 heteroatoms. The van der Waals surface area contributed by atoms with E-state index in [0.29, 0.717) is 12.8 Å². The van der Waals surface area contributed by atoms with E-state index in [-0.39, 0.29) is 6.04 Å². The molecule has 1 aromatic heterocycles. The molecular weight excluding hydrogens is 180 g/mol. The molecule has 14 heavy (non-hydrogen) atoms. The Morgan fingerprint density at radius 2 is 2.21 bits per heavy atom. The van der Waals surface area contributed by atoms with Crippen molar-refractivity contribution in [1.29, 1.82) is 0 Å². The lowest BCUT2D eigenvalue weighted by Crippen LogP contribution is -2.38. The highest BCUT2D eigenvalue weighted by Gasteiger charge is 2.36. The van der Waals surface area contributed by atoms with Gasteiger partial charge in [0, 0.05) is 13.1 Å². The molecule has 1 fully saturated rings. The Morgan fingerprint density at radius 1 is 1.57 bits per heavy atom. The highest BCUT2D eigenvalue weighted by atomic mass is 16.3. The van der Waals surface area contributed by atoms with Gasteiger partial charge in [-0.25, -0.2) is 4.68 Å². The third kappa shape index (κ3) is 1.53. The third-order valence-electron chi connectivity index (χ3n) is 3.05. The van der Waals surface area contributed by atoms with Crippen molar-refractivity contribution in [3.8, 4) is 0 Å². The Hall–Kier alpha value is -0.940. The molecular formula is C9H16N4O. The molecule has 0 amide bonds. The first-order chi connectivity index (χ1) is 6.62. The third-order valence-corrected chi connectivity index (χ3v) is 3.05. The van der Waals surface area contributed by atoms with Crippen molar-refractivity contribution >= 4 is 0 Å². The van der Waals surface area contributed by atoms with Crippen LogP contribution in [0, 0.1) is 0 Å². The Balaban J connectivity index is 2.21. The van der Waals surface area contributed by atoms with Gasteiger partial charge in [-0.1, -0.05) is 5.21 Å². The van der Waals surface area contributed by atoms with Gasteiger partial charge < -0.3 is 10.8 Å². The molecule has 1 aliphatic rings. The molecule has 0 spiro atoms. The summed E-state index contributed by atoms with van der Waals surface area (Å²) in [5, 5.41) is 18.0.